The summed E-state index contributed by atoms with van der Waals surface area (Å²) in [5.41, 5.74) is 3.30. The molecule has 0 aromatic heterocycles. The molecule has 1 unspecified atom stereocenters. The van der Waals surface area contributed by atoms with Gasteiger partial charge in [0.05, 0.1) is 19.9 Å². The van der Waals surface area contributed by atoms with E-state index in [0.717, 1.165) is 18.6 Å². The van der Waals surface area contributed by atoms with Gasteiger partial charge in [0.25, 0.3) is 5.91 Å². The zero-order valence-electron chi connectivity index (χ0n) is 16.2. The summed E-state index contributed by atoms with van der Waals surface area (Å²) >= 11 is 0. The highest BCUT2D eigenvalue weighted by molar-refractivity contribution is 5.95. The number of hydrogen-bond acceptors (Lipinski definition) is 4. The van der Waals surface area contributed by atoms with E-state index in [1.54, 1.807) is 32.4 Å². The van der Waals surface area contributed by atoms with Crippen molar-refractivity contribution in [1.82, 2.24) is 0 Å². The maximum Gasteiger partial charge on any atom is 0.265 e. The van der Waals surface area contributed by atoms with Crippen LogP contribution in [0.2, 0.25) is 0 Å². The van der Waals surface area contributed by atoms with Gasteiger partial charge in [0.15, 0.2) is 6.10 Å². The van der Waals surface area contributed by atoms with Crippen molar-refractivity contribution in [3.05, 3.63) is 47.5 Å². The lowest BCUT2D eigenvalue weighted by Crippen LogP contribution is -2.32. The van der Waals surface area contributed by atoms with E-state index in [-0.39, 0.29) is 5.91 Å². The fourth-order valence-electron chi connectivity index (χ4n) is 3.39. The third-order valence-electron chi connectivity index (χ3n) is 4.93. The Bertz CT molecular complexity index is 803. The Kier molecular flexibility index (Phi) is 6.22. The predicted molar refractivity (Wildman–Crippen MR) is 106 cm³/mol. The lowest BCUT2D eigenvalue weighted by molar-refractivity contribution is -0.122. The van der Waals surface area contributed by atoms with Crippen molar-refractivity contribution < 1.29 is 19.0 Å². The summed E-state index contributed by atoms with van der Waals surface area (Å²) in [4.78, 5) is 12.8. The van der Waals surface area contributed by atoms with Crippen molar-refractivity contribution in [2.75, 3.05) is 19.5 Å². The highest BCUT2D eigenvalue weighted by Gasteiger charge is 2.21. The molecule has 1 aliphatic carbocycles. The zero-order chi connectivity index (χ0) is 19.2. The SMILES string of the molecule is CCC(Oc1ccc2c(c1)CCCC2)C(=O)Nc1cc(OC)ccc1OC. The van der Waals surface area contributed by atoms with E-state index in [2.05, 4.69) is 17.4 Å². The maximum atomic E-state index is 12.8. The monoisotopic (exact) mass is 369 g/mol. The first kappa shape index (κ1) is 19.1. The zero-order valence-corrected chi connectivity index (χ0v) is 16.2. The molecule has 5 heteroatoms. The summed E-state index contributed by atoms with van der Waals surface area (Å²) in [5.74, 6) is 1.76. The third kappa shape index (κ3) is 4.54. The molecule has 2 aromatic rings. The van der Waals surface area contributed by atoms with Gasteiger partial charge in [0.1, 0.15) is 17.2 Å². The summed E-state index contributed by atoms with van der Waals surface area (Å²) in [6, 6.07) is 11.5. The second-order valence-electron chi connectivity index (χ2n) is 6.71. The normalized spacial score (nSPS) is 14.0. The van der Waals surface area contributed by atoms with Crippen LogP contribution in [0.4, 0.5) is 5.69 Å². The van der Waals surface area contributed by atoms with Crippen LogP contribution in [0.15, 0.2) is 36.4 Å². The summed E-state index contributed by atoms with van der Waals surface area (Å²) < 4.78 is 16.6. The van der Waals surface area contributed by atoms with Crippen LogP contribution in [0.5, 0.6) is 17.2 Å². The first-order valence-electron chi connectivity index (χ1n) is 9.46. The van der Waals surface area contributed by atoms with Crippen LogP contribution in [0.1, 0.15) is 37.3 Å². The summed E-state index contributed by atoms with van der Waals surface area (Å²) in [6.45, 7) is 1.94. The van der Waals surface area contributed by atoms with Crippen molar-refractivity contribution >= 4 is 11.6 Å². The second kappa shape index (κ2) is 8.80. The van der Waals surface area contributed by atoms with Gasteiger partial charge in [-0.15, -0.1) is 0 Å². The molecule has 2 aromatic carbocycles. The van der Waals surface area contributed by atoms with Gasteiger partial charge in [-0.25, -0.2) is 0 Å². The van der Waals surface area contributed by atoms with E-state index in [4.69, 9.17) is 14.2 Å². The van der Waals surface area contributed by atoms with Crippen LogP contribution >= 0.6 is 0 Å². The molecule has 0 saturated heterocycles. The molecule has 144 valence electrons. The van der Waals surface area contributed by atoms with Gasteiger partial charge < -0.3 is 19.5 Å². The van der Waals surface area contributed by atoms with Crippen molar-refractivity contribution in [1.29, 1.82) is 0 Å². The number of carbonyl (C=O) groups is 1. The molecule has 0 aliphatic heterocycles. The molecule has 0 spiro atoms. The number of hydrogen-bond donors (Lipinski definition) is 1. The topological polar surface area (TPSA) is 56.8 Å². The number of benzene rings is 2. The van der Waals surface area contributed by atoms with Crippen molar-refractivity contribution in [3.63, 3.8) is 0 Å². The number of amides is 1. The lowest BCUT2D eigenvalue weighted by atomic mass is 9.92. The molecule has 0 fully saturated rings. The number of fused-ring (bicyclic) bond motifs is 1. The first-order chi connectivity index (χ1) is 13.1. The molecule has 1 atom stereocenters. The highest BCUT2D eigenvalue weighted by atomic mass is 16.5. The first-order valence-corrected chi connectivity index (χ1v) is 9.46. The van der Waals surface area contributed by atoms with Crippen molar-refractivity contribution in [3.8, 4) is 17.2 Å². The number of rotatable bonds is 7. The van der Waals surface area contributed by atoms with Crippen molar-refractivity contribution in [2.45, 2.75) is 45.1 Å². The molecule has 0 bridgehead atoms. The van der Waals surface area contributed by atoms with Crippen molar-refractivity contribution in [2.24, 2.45) is 0 Å². The molecule has 1 amide bonds. The van der Waals surface area contributed by atoms with Crippen LogP contribution < -0.4 is 19.5 Å². The lowest BCUT2D eigenvalue weighted by Gasteiger charge is -2.21. The van der Waals surface area contributed by atoms with Gasteiger partial charge in [0, 0.05) is 6.07 Å². The summed E-state index contributed by atoms with van der Waals surface area (Å²) in [5, 5.41) is 2.90. The quantitative estimate of drug-likeness (QED) is 0.787. The predicted octanol–water partition coefficient (Wildman–Crippen LogP) is 4.38. The number of methoxy groups -OCH3 is 2. The standard InChI is InChI=1S/C22H27NO4/c1-4-20(27-18-10-9-15-7-5-6-8-16(15)13-18)22(24)23-19-14-17(25-2)11-12-21(19)26-3/h9-14,20H,4-8H2,1-3H3,(H,23,24). The minimum absolute atomic E-state index is 0.207. The number of ether oxygens (including phenoxy) is 3. The minimum Gasteiger partial charge on any atom is -0.497 e. The molecule has 0 radical (unpaired) electrons. The Morgan fingerprint density at radius 2 is 1.74 bits per heavy atom. The average Bonchev–Trinajstić information content (AvgIpc) is 2.71. The molecule has 27 heavy (non-hydrogen) atoms. The van der Waals surface area contributed by atoms with Gasteiger partial charge in [-0.05, 0) is 67.5 Å². The Morgan fingerprint density at radius 3 is 2.44 bits per heavy atom. The number of anilines is 1. The van der Waals surface area contributed by atoms with Gasteiger partial charge in [-0.2, -0.15) is 0 Å². The van der Waals surface area contributed by atoms with E-state index >= 15 is 0 Å². The molecule has 5 nitrogen and oxygen atoms in total. The van der Waals surface area contributed by atoms with Crippen LogP contribution in [-0.2, 0) is 17.6 Å². The number of nitrogens with one attached hydrogen (secondary N) is 1. The molecule has 0 heterocycles. The number of aryl methyl sites for hydroxylation is 2. The van der Waals surface area contributed by atoms with Crippen LogP contribution in [0, 0.1) is 0 Å². The molecule has 0 saturated carbocycles. The molecule has 3 rings (SSSR count). The number of carbonyl (C=O) groups excluding carboxylic acids is 1. The molecular weight excluding hydrogens is 342 g/mol. The van der Waals surface area contributed by atoms with Gasteiger partial charge in [0.2, 0.25) is 0 Å². The van der Waals surface area contributed by atoms with E-state index in [9.17, 15) is 4.79 Å². The second-order valence-corrected chi connectivity index (χ2v) is 6.71. The Balaban J connectivity index is 1.73. The highest BCUT2D eigenvalue weighted by Crippen LogP contribution is 2.30. The Morgan fingerprint density at radius 1 is 1.00 bits per heavy atom. The van der Waals surface area contributed by atoms with Gasteiger partial charge >= 0.3 is 0 Å². The van der Waals surface area contributed by atoms with Gasteiger partial charge in [-0.1, -0.05) is 13.0 Å². The third-order valence-corrected chi connectivity index (χ3v) is 4.93. The van der Waals surface area contributed by atoms with Crippen LogP contribution in [-0.4, -0.2) is 26.2 Å². The minimum atomic E-state index is -0.581. The fourth-order valence-corrected chi connectivity index (χ4v) is 3.39. The van der Waals surface area contributed by atoms with E-state index in [0.29, 0.717) is 23.6 Å². The Labute approximate surface area is 160 Å². The van der Waals surface area contributed by atoms with E-state index in [1.807, 2.05) is 13.0 Å². The largest absolute Gasteiger partial charge is 0.497 e. The smallest absolute Gasteiger partial charge is 0.265 e. The maximum absolute atomic E-state index is 12.8. The average molecular weight is 369 g/mol. The molecule has 1 aliphatic rings. The van der Waals surface area contributed by atoms with Gasteiger partial charge in [-0.3, -0.25) is 4.79 Å². The van der Waals surface area contributed by atoms with Crippen LogP contribution in [0.25, 0.3) is 0 Å². The van der Waals surface area contributed by atoms with E-state index in [1.165, 1.54) is 24.0 Å². The summed E-state index contributed by atoms with van der Waals surface area (Å²) in [6.07, 6.45) is 4.65. The fraction of sp³-hybridized carbons (Fsp3) is 0.409. The molecule has 1 N–H and O–H groups in total. The molecular formula is C22H27NO4. The van der Waals surface area contributed by atoms with E-state index < -0.39 is 6.10 Å². The Hall–Kier alpha value is -2.69. The van der Waals surface area contributed by atoms with Crippen LogP contribution in [0.3, 0.4) is 0 Å². The summed E-state index contributed by atoms with van der Waals surface area (Å²) in [7, 11) is 3.15.